The zero-order valence-electron chi connectivity index (χ0n) is 9.53. The molecule has 0 radical (unpaired) electrons. The number of methoxy groups -OCH3 is 1. The van der Waals surface area contributed by atoms with Crippen molar-refractivity contribution in [2.45, 2.75) is 31.4 Å². The molecule has 3 heteroatoms. The van der Waals surface area contributed by atoms with Crippen LogP contribution < -0.4 is 5.73 Å². The van der Waals surface area contributed by atoms with Crippen molar-refractivity contribution in [3.8, 4) is 0 Å². The van der Waals surface area contributed by atoms with Crippen molar-refractivity contribution in [2.24, 2.45) is 11.7 Å². The van der Waals surface area contributed by atoms with Crippen molar-refractivity contribution < 1.29 is 4.74 Å². The highest BCUT2D eigenvalue weighted by molar-refractivity contribution is 6.31. The minimum absolute atomic E-state index is 0.0393. The van der Waals surface area contributed by atoms with Gasteiger partial charge in [0.15, 0.2) is 0 Å². The molecule has 1 saturated carbocycles. The Balaban J connectivity index is 2.00. The third-order valence-corrected chi connectivity index (χ3v) is 3.56. The molecule has 0 amide bonds. The molecule has 2 rings (SSSR count). The Labute approximate surface area is 102 Å². The van der Waals surface area contributed by atoms with Crippen LogP contribution in [0.3, 0.4) is 0 Å². The quantitative estimate of drug-likeness (QED) is 0.858. The Bertz CT molecular complexity index is 352. The molecule has 88 valence electrons. The predicted octanol–water partition coefficient (Wildman–Crippen LogP) is 2.63. The van der Waals surface area contributed by atoms with E-state index in [-0.39, 0.29) is 12.1 Å². The molecule has 0 aliphatic heterocycles. The normalized spacial score (nSPS) is 19.4. The van der Waals surface area contributed by atoms with E-state index < -0.39 is 0 Å². The average Bonchev–Trinajstić information content (AvgIpc) is 3.07. The van der Waals surface area contributed by atoms with Crippen molar-refractivity contribution in [3.63, 3.8) is 0 Å². The highest BCUT2D eigenvalue weighted by Crippen LogP contribution is 2.36. The van der Waals surface area contributed by atoms with Gasteiger partial charge < -0.3 is 10.5 Å². The van der Waals surface area contributed by atoms with E-state index in [1.165, 1.54) is 12.8 Å². The molecule has 2 atom stereocenters. The van der Waals surface area contributed by atoms with Crippen molar-refractivity contribution in [1.82, 2.24) is 0 Å². The van der Waals surface area contributed by atoms with Gasteiger partial charge in [-0.1, -0.05) is 29.8 Å². The summed E-state index contributed by atoms with van der Waals surface area (Å²) >= 11 is 6.12. The molecule has 0 saturated heterocycles. The van der Waals surface area contributed by atoms with Crippen LogP contribution in [-0.4, -0.2) is 19.3 Å². The van der Waals surface area contributed by atoms with E-state index in [4.69, 9.17) is 22.1 Å². The lowest BCUT2D eigenvalue weighted by Crippen LogP contribution is -2.39. The minimum atomic E-state index is 0.0393. The fraction of sp³-hybridized carbons (Fsp3) is 0.538. The zero-order valence-corrected chi connectivity index (χ0v) is 10.3. The smallest absolute Gasteiger partial charge is 0.0753 e. The summed E-state index contributed by atoms with van der Waals surface area (Å²) in [6.07, 6.45) is 3.45. The monoisotopic (exact) mass is 239 g/mol. The lowest BCUT2D eigenvalue weighted by molar-refractivity contribution is 0.0627. The molecule has 1 fully saturated rings. The van der Waals surface area contributed by atoms with Gasteiger partial charge in [-0.05, 0) is 36.8 Å². The SMILES string of the molecule is COC(C(N)Cc1ccccc1Cl)C1CC1. The van der Waals surface area contributed by atoms with Crippen LogP contribution in [-0.2, 0) is 11.2 Å². The topological polar surface area (TPSA) is 35.2 Å². The summed E-state index contributed by atoms with van der Waals surface area (Å²) in [6, 6.07) is 7.90. The van der Waals surface area contributed by atoms with Gasteiger partial charge in [-0.3, -0.25) is 0 Å². The summed E-state index contributed by atoms with van der Waals surface area (Å²) in [5, 5.41) is 0.795. The number of hydrogen-bond donors (Lipinski definition) is 1. The third-order valence-electron chi connectivity index (χ3n) is 3.19. The Morgan fingerprint density at radius 3 is 2.69 bits per heavy atom. The number of nitrogens with two attached hydrogens (primary N) is 1. The summed E-state index contributed by atoms with van der Waals surface area (Å²) in [5.41, 5.74) is 7.30. The van der Waals surface area contributed by atoms with Crippen LogP contribution in [0.2, 0.25) is 5.02 Å². The maximum atomic E-state index is 6.19. The molecule has 2 unspecified atom stereocenters. The maximum Gasteiger partial charge on any atom is 0.0753 e. The second-order valence-corrected chi connectivity index (χ2v) is 4.90. The van der Waals surface area contributed by atoms with Crippen LogP contribution in [0.5, 0.6) is 0 Å². The number of rotatable bonds is 5. The van der Waals surface area contributed by atoms with Gasteiger partial charge in [-0.25, -0.2) is 0 Å². The summed E-state index contributed by atoms with van der Waals surface area (Å²) in [4.78, 5) is 0. The van der Waals surface area contributed by atoms with Crippen LogP contribution in [0.25, 0.3) is 0 Å². The third kappa shape index (κ3) is 2.76. The Morgan fingerprint density at radius 1 is 1.44 bits per heavy atom. The molecule has 0 aromatic heterocycles. The van der Waals surface area contributed by atoms with Crippen molar-refractivity contribution in [3.05, 3.63) is 34.9 Å². The number of benzene rings is 1. The first-order chi connectivity index (χ1) is 7.72. The number of halogens is 1. The molecule has 0 bridgehead atoms. The summed E-state index contributed by atoms with van der Waals surface area (Å²) in [7, 11) is 1.75. The van der Waals surface area contributed by atoms with E-state index in [9.17, 15) is 0 Å². The second-order valence-electron chi connectivity index (χ2n) is 4.50. The van der Waals surface area contributed by atoms with E-state index in [0.29, 0.717) is 5.92 Å². The fourth-order valence-electron chi connectivity index (χ4n) is 2.18. The van der Waals surface area contributed by atoms with E-state index >= 15 is 0 Å². The lowest BCUT2D eigenvalue weighted by Gasteiger charge is -2.22. The van der Waals surface area contributed by atoms with E-state index in [1.807, 2.05) is 24.3 Å². The standard InChI is InChI=1S/C13H18ClNO/c1-16-13(9-6-7-9)12(15)8-10-4-2-3-5-11(10)14/h2-5,9,12-13H,6-8,15H2,1H3. The van der Waals surface area contributed by atoms with Gasteiger partial charge in [-0.2, -0.15) is 0 Å². The van der Waals surface area contributed by atoms with E-state index in [0.717, 1.165) is 17.0 Å². The summed E-state index contributed by atoms with van der Waals surface area (Å²) in [5.74, 6) is 0.655. The van der Waals surface area contributed by atoms with Crippen molar-refractivity contribution >= 4 is 11.6 Å². The first-order valence-corrected chi connectivity index (χ1v) is 6.12. The Hall–Kier alpha value is -0.570. The molecule has 2 nitrogen and oxygen atoms in total. The molecule has 0 spiro atoms. The van der Waals surface area contributed by atoms with Crippen LogP contribution in [0.15, 0.2) is 24.3 Å². The highest BCUT2D eigenvalue weighted by atomic mass is 35.5. The summed E-state index contributed by atoms with van der Waals surface area (Å²) in [6.45, 7) is 0. The van der Waals surface area contributed by atoms with Crippen molar-refractivity contribution in [1.29, 1.82) is 0 Å². The molecule has 1 aliphatic rings. The molecule has 2 N–H and O–H groups in total. The molecule has 1 aromatic carbocycles. The predicted molar refractivity (Wildman–Crippen MR) is 66.7 cm³/mol. The molecule has 16 heavy (non-hydrogen) atoms. The van der Waals surface area contributed by atoms with Gasteiger partial charge >= 0.3 is 0 Å². The zero-order chi connectivity index (χ0) is 11.5. The molecule has 1 aromatic rings. The maximum absolute atomic E-state index is 6.19. The van der Waals surface area contributed by atoms with Gasteiger partial charge in [-0.15, -0.1) is 0 Å². The van der Waals surface area contributed by atoms with E-state index in [1.54, 1.807) is 7.11 Å². The summed E-state index contributed by atoms with van der Waals surface area (Å²) < 4.78 is 5.48. The van der Waals surface area contributed by atoms with Gasteiger partial charge in [0.05, 0.1) is 6.10 Å². The Kier molecular flexibility index (Phi) is 3.85. The molecular formula is C13H18ClNO. The molecule has 1 aliphatic carbocycles. The molecular weight excluding hydrogens is 222 g/mol. The van der Waals surface area contributed by atoms with E-state index in [2.05, 4.69) is 0 Å². The van der Waals surface area contributed by atoms with Crippen molar-refractivity contribution in [2.75, 3.05) is 7.11 Å². The number of ether oxygens (including phenoxy) is 1. The van der Waals surface area contributed by atoms with Gasteiger partial charge in [0.2, 0.25) is 0 Å². The highest BCUT2D eigenvalue weighted by Gasteiger charge is 2.35. The fourth-order valence-corrected chi connectivity index (χ4v) is 2.39. The van der Waals surface area contributed by atoms with Crippen LogP contribution in [0, 0.1) is 5.92 Å². The lowest BCUT2D eigenvalue weighted by atomic mass is 9.99. The van der Waals surface area contributed by atoms with Gasteiger partial charge in [0.1, 0.15) is 0 Å². The number of hydrogen-bond acceptors (Lipinski definition) is 2. The van der Waals surface area contributed by atoms with Gasteiger partial charge in [0, 0.05) is 18.2 Å². The molecule has 0 heterocycles. The van der Waals surface area contributed by atoms with Crippen LogP contribution in [0.4, 0.5) is 0 Å². The second kappa shape index (κ2) is 5.17. The largest absolute Gasteiger partial charge is 0.380 e. The van der Waals surface area contributed by atoms with Crippen LogP contribution in [0.1, 0.15) is 18.4 Å². The minimum Gasteiger partial charge on any atom is -0.380 e. The van der Waals surface area contributed by atoms with Crippen LogP contribution >= 0.6 is 11.6 Å². The Morgan fingerprint density at radius 2 is 2.12 bits per heavy atom. The first kappa shape index (κ1) is 11.9. The average molecular weight is 240 g/mol. The van der Waals surface area contributed by atoms with Gasteiger partial charge in [0.25, 0.3) is 0 Å². The first-order valence-electron chi connectivity index (χ1n) is 5.74.